The summed E-state index contributed by atoms with van der Waals surface area (Å²) in [5.41, 5.74) is 35.4. The predicted molar refractivity (Wildman–Crippen MR) is 480 cm³/mol. The van der Waals surface area contributed by atoms with Gasteiger partial charge in [0.05, 0.1) is 51.0 Å². The van der Waals surface area contributed by atoms with Crippen molar-refractivity contribution >= 4 is 83.8 Å². The molecule has 0 saturated carbocycles. The van der Waals surface area contributed by atoms with Gasteiger partial charge in [-0.15, -0.1) is 0 Å². The molecule has 1 unspecified atom stereocenters. The van der Waals surface area contributed by atoms with Crippen molar-refractivity contribution in [2.24, 2.45) is 0 Å². The minimum Gasteiger partial charge on any atom is -0.310 e. The van der Waals surface area contributed by atoms with E-state index in [9.17, 15) is 10.5 Å². The van der Waals surface area contributed by atoms with Crippen LogP contribution in [-0.4, -0.2) is 15.8 Å². The van der Waals surface area contributed by atoms with E-state index in [2.05, 4.69) is 417 Å². The second kappa shape index (κ2) is 27.6. The average molecular weight is 1460 g/mol. The van der Waals surface area contributed by atoms with Gasteiger partial charge in [-0.3, -0.25) is 0 Å². The molecule has 2 aliphatic heterocycles. The van der Waals surface area contributed by atoms with E-state index >= 15 is 0 Å². The number of hydrogen-bond donors (Lipinski definition) is 0. The first-order chi connectivity index (χ1) is 56.6. The average Bonchev–Trinajstić information content (AvgIpc) is 0.988. The molecule has 115 heavy (non-hydrogen) atoms. The molecular weight excluding hydrogens is 1390 g/mol. The Bertz CT molecular complexity index is 6700. The first kappa shape index (κ1) is 68.2. The number of nitriles is 2. The van der Waals surface area contributed by atoms with E-state index < -0.39 is 11.3 Å². The van der Waals surface area contributed by atoms with Gasteiger partial charge in [-0.1, -0.05) is 299 Å². The third kappa shape index (κ3) is 11.5. The molecule has 0 amide bonds. The molecule has 6 heteroatoms. The molecule has 5 nitrogen and oxygen atoms in total. The number of fused-ring (bicyclic) bond motifs is 10. The first-order valence-electron chi connectivity index (χ1n) is 39.6. The van der Waals surface area contributed by atoms with Crippen molar-refractivity contribution in [2.75, 3.05) is 4.90 Å². The lowest BCUT2D eigenvalue weighted by Crippen LogP contribution is -2.62. The summed E-state index contributed by atoms with van der Waals surface area (Å²) in [5.74, 6) is -0.481. The summed E-state index contributed by atoms with van der Waals surface area (Å²) in [6.07, 6.45) is 0. The standard InChI is InChI=1S/C109H74BN5/c1-109(2,3)84-64-96-106(105-91(78-40-24-28-70(56-78)68-111)60-82(74-34-12-6-13-35-74)61-92(105)80-42-26-38-76(58-80)72-30-8-4-9-31-72)95-66-85(113-99-48-20-16-44-87(99)88-45-17-21-49-100(88)113)52-54-97(95)110-98-55-53-86(114-101-50-22-18-46-89(101)90-47-19-23-51-102(90)114)67-103(98)115(104(65-84)107(96)110)108-93(79-41-25-29-71(57-79)69-112)62-83(75-36-14-7-15-37-75)63-94(108)81-43-27-39-77(59-81)73-32-10-5-11-33-73/h4-67,106H,1-3H3. The molecular formula is C109H74BN5. The van der Waals surface area contributed by atoms with Gasteiger partial charge in [0.15, 0.2) is 0 Å². The van der Waals surface area contributed by atoms with Crippen LogP contribution >= 0.6 is 0 Å². The van der Waals surface area contributed by atoms with Crippen LogP contribution in [0.3, 0.4) is 0 Å². The second-order valence-corrected chi connectivity index (χ2v) is 31.7. The fourth-order valence-corrected chi connectivity index (χ4v) is 18.7. The lowest BCUT2D eigenvalue weighted by atomic mass is 9.31. The van der Waals surface area contributed by atoms with E-state index in [1.54, 1.807) is 0 Å². The van der Waals surface area contributed by atoms with E-state index in [1.165, 1.54) is 49.2 Å². The van der Waals surface area contributed by atoms with E-state index in [1.807, 2.05) is 18.2 Å². The third-order valence-corrected chi connectivity index (χ3v) is 24.0. The number of aromatic nitrogens is 2. The molecule has 17 aromatic carbocycles. The predicted octanol–water partition coefficient (Wildman–Crippen LogP) is 26.1. The van der Waals surface area contributed by atoms with Crippen LogP contribution in [-0.2, 0) is 5.41 Å². The Hall–Kier alpha value is -14.8. The summed E-state index contributed by atoms with van der Waals surface area (Å²) in [7, 11) is 0. The fourth-order valence-electron chi connectivity index (χ4n) is 18.7. The fraction of sp³-hybridized carbons (Fsp3) is 0.0459. The number of hydrogen-bond acceptors (Lipinski definition) is 3. The molecule has 2 aliphatic rings. The third-order valence-electron chi connectivity index (χ3n) is 24.0. The van der Waals surface area contributed by atoms with Crippen molar-refractivity contribution < 1.29 is 0 Å². The Morgan fingerprint density at radius 3 is 1.10 bits per heavy atom. The maximum Gasteiger partial charge on any atom is 0.247 e. The summed E-state index contributed by atoms with van der Waals surface area (Å²) in [6, 6.07) is 148. The first-order valence-corrected chi connectivity index (χ1v) is 39.6. The number of para-hydroxylation sites is 4. The van der Waals surface area contributed by atoms with Crippen molar-refractivity contribution in [3.8, 4) is 113 Å². The zero-order valence-electron chi connectivity index (χ0n) is 63.8. The highest BCUT2D eigenvalue weighted by molar-refractivity contribution is 6.99. The molecule has 0 radical (unpaired) electrons. The van der Waals surface area contributed by atoms with Gasteiger partial charge < -0.3 is 14.0 Å². The Morgan fingerprint density at radius 2 is 0.652 bits per heavy atom. The van der Waals surface area contributed by atoms with Crippen molar-refractivity contribution in [1.82, 2.24) is 9.13 Å². The van der Waals surface area contributed by atoms with Crippen LogP contribution in [0.15, 0.2) is 388 Å². The molecule has 21 rings (SSSR count). The van der Waals surface area contributed by atoms with Gasteiger partial charge in [-0.05, 0) is 232 Å². The maximum atomic E-state index is 11.1. The Balaban J connectivity index is 0.957. The summed E-state index contributed by atoms with van der Waals surface area (Å²) in [4.78, 5) is 2.67. The molecule has 1 atom stereocenters. The Kier molecular flexibility index (Phi) is 16.4. The maximum absolute atomic E-state index is 11.1. The van der Waals surface area contributed by atoms with Crippen LogP contribution < -0.4 is 21.3 Å². The zero-order valence-corrected chi connectivity index (χ0v) is 63.8. The van der Waals surface area contributed by atoms with Crippen LogP contribution in [0.5, 0.6) is 0 Å². The normalized spacial score (nSPS) is 12.9. The van der Waals surface area contributed by atoms with Crippen molar-refractivity contribution in [3.63, 3.8) is 0 Å². The van der Waals surface area contributed by atoms with Gasteiger partial charge >= 0.3 is 0 Å². The molecule has 2 aromatic heterocycles. The topological polar surface area (TPSA) is 60.7 Å². The van der Waals surface area contributed by atoms with Crippen molar-refractivity contribution in [3.05, 3.63) is 422 Å². The highest BCUT2D eigenvalue weighted by Gasteiger charge is 2.47. The molecule has 0 fully saturated rings. The summed E-state index contributed by atoms with van der Waals surface area (Å²) < 4.78 is 4.95. The summed E-state index contributed by atoms with van der Waals surface area (Å²) in [5, 5.41) is 26.9. The van der Waals surface area contributed by atoms with E-state index in [0.29, 0.717) is 11.1 Å². The van der Waals surface area contributed by atoms with Crippen LogP contribution in [0.25, 0.3) is 144 Å². The molecule has 4 heterocycles. The summed E-state index contributed by atoms with van der Waals surface area (Å²) >= 11 is 0. The number of nitrogens with zero attached hydrogens (tertiary/aromatic N) is 5. The van der Waals surface area contributed by atoms with Gasteiger partial charge in [0.2, 0.25) is 6.71 Å². The van der Waals surface area contributed by atoms with E-state index in [0.717, 1.165) is 151 Å². The molecule has 0 bridgehead atoms. The number of benzene rings is 17. The minimum atomic E-state index is -0.481. The number of rotatable bonds is 12. The van der Waals surface area contributed by atoms with Gasteiger partial charge in [-0.2, -0.15) is 10.5 Å². The lowest BCUT2D eigenvalue weighted by Gasteiger charge is -2.45. The Morgan fingerprint density at radius 1 is 0.287 bits per heavy atom. The Labute approximate surface area is 670 Å². The molecule has 538 valence electrons. The quantitative estimate of drug-likeness (QED) is 0.115. The van der Waals surface area contributed by atoms with Crippen LogP contribution in [0.4, 0.5) is 17.1 Å². The van der Waals surface area contributed by atoms with Crippen molar-refractivity contribution in [2.45, 2.75) is 32.1 Å². The van der Waals surface area contributed by atoms with E-state index in [4.69, 9.17) is 0 Å². The molecule has 0 N–H and O–H groups in total. The van der Waals surface area contributed by atoms with Crippen LogP contribution in [0.2, 0.25) is 0 Å². The van der Waals surface area contributed by atoms with Gasteiger partial charge in [0, 0.05) is 61.3 Å². The smallest absolute Gasteiger partial charge is 0.247 e. The SMILES string of the molecule is CC(C)(C)c1cc2c3c(c1)N(c1c(-c4cccc(C#N)c4)cc(-c4ccccc4)cc1-c1cccc(-c4ccccc4)c1)c1cc(-n4c5ccccc5c5ccccc54)ccc1B3c1ccc(-n3c4ccccc4c4ccccc43)cc1C2c1c(-c2cccc(C#N)c2)cc(-c2ccccc2)cc1-c1cccc(-c2ccccc2)c1. The van der Waals surface area contributed by atoms with E-state index in [-0.39, 0.29) is 6.71 Å². The summed E-state index contributed by atoms with van der Waals surface area (Å²) in [6.45, 7) is 6.77. The highest BCUT2D eigenvalue weighted by Crippen LogP contribution is 2.55. The monoisotopic (exact) mass is 1460 g/mol. The lowest BCUT2D eigenvalue weighted by molar-refractivity contribution is 0.589. The van der Waals surface area contributed by atoms with Crippen molar-refractivity contribution in [1.29, 1.82) is 10.5 Å². The van der Waals surface area contributed by atoms with Gasteiger partial charge in [0.25, 0.3) is 0 Å². The molecule has 0 spiro atoms. The van der Waals surface area contributed by atoms with Crippen LogP contribution in [0, 0.1) is 22.7 Å². The minimum absolute atomic E-state index is 0.339. The second-order valence-electron chi connectivity index (χ2n) is 31.7. The largest absolute Gasteiger partial charge is 0.310 e. The molecule has 0 saturated heterocycles. The van der Waals surface area contributed by atoms with Gasteiger partial charge in [-0.25, -0.2) is 0 Å². The highest BCUT2D eigenvalue weighted by atomic mass is 15.2. The van der Waals surface area contributed by atoms with Crippen LogP contribution in [0.1, 0.15) is 60.1 Å². The zero-order chi connectivity index (χ0) is 77.0. The molecule has 19 aromatic rings. The number of anilines is 3. The van der Waals surface area contributed by atoms with Gasteiger partial charge in [0.1, 0.15) is 0 Å². The molecule has 0 aliphatic carbocycles.